The molecule has 1 aromatic carbocycles. The smallest absolute Gasteiger partial charge is 0.248 e. The second kappa shape index (κ2) is 6.06. The van der Waals surface area contributed by atoms with Crippen LogP contribution in [0, 0.1) is 11.8 Å². The summed E-state index contributed by atoms with van der Waals surface area (Å²) in [5.41, 5.74) is 2.51. The summed E-state index contributed by atoms with van der Waals surface area (Å²) in [4.78, 5) is 29.3. The van der Waals surface area contributed by atoms with Crippen molar-refractivity contribution in [2.45, 2.75) is 38.8 Å². The first kappa shape index (κ1) is 15.9. The zero-order valence-electron chi connectivity index (χ0n) is 14.5. The van der Waals surface area contributed by atoms with E-state index >= 15 is 0 Å². The second-order valence-corrected chi connectivity index (χ2v) is 7.19. The molecule has 1 saturated carbocycles. The van der Waals surface area contributed by atoms with Crippen LogP contribution in [-0.4, -0.2) is 16.9 Å². The molecule has 3 atom stereocenters. The number of aromatic nitrogens is 1. The molecule has 1 amide bonds. The Balaban J connectivity index is 1.82. The molecule has 130 valence electrons. The third kappa shape index (κ3) is 2.84. The van der Waals surface area contributed by atoms with Gasteiger partial charge in [-0.1, -0.05) is 25.1 Å². The molecule has 0 saturated heterocycles. The lowest BCUT2D eigenvalue weighted by molar-refractivity contribution is -0.117. The lowest BCUT2D eigenvalue weighted by atomic mass is 9.82. The molecule has 3 unspecified atom stereocenters. The number of carbonyl (C=O) groups excluding carboxylic acids is 1. The Morgan fingerprint density at radius 2 is 1.88 bits per heavy atom. The summed E-state index contributed by atoms with van der Waals surface area (Å²) in [5.74, 6) is 0.774. The highest BCUT2D eigenvalue weighted by Crippen LogP contribution is 2.49. The van der Waals surface area contributed by atoms with E-state index in [9.17, 15) is 9.59 Å². The van der Waals surface area contributed by atoms with Crippen molar-refractivity contribution in [3.8, 4) is 0 Å². The zero-order chi connectivity index (χ0) is 17.6. The van der Waals surface area contributed by atoms with Crippen molar-refractivity contribution < 1.29 is 4.79 Å². The average Bonchev–Trinajstić information content (AvgIpc) is 3.42. The topological polar surface area (TPSA) is 65.2 Å². The Kier molecular flexibility index (Phi) is 3.86. The number of fused-ring (bicyclic) bond motifs is 1. The predicted molar refractivity (Wildman–Crippen MR) is 98.7 cm³/mol. The van der Waals surface area contributed by atoms with Gasteiger partial charge in [0.1, 0.15) is 0 Å². The van der Waals surface area contributed by atoms with Crippen molar-refractivity contribution in [1.82, 2.24) is 4.98 Å². The van der Waals surface area contributed by atoms with Crippen LogP contribution in [0.15, 0.2) is 47.3 Å². The Labute approximate surface area is 147 Å². The van der Waals surface area contributed by atoms with Crippen molar-refractivity contribution in [3.05, 3.63) is 58.5 Å². The maximum absolute atomic E-state index is 12.4. The van der Waals surface area contributed by atoms with E-state index in [1.54, 1.807) is 13.0 Å². The summed E-state index contributed by atoms with van der Waals surface area (Å²) >= 11 is 0. The average molecular weight is 337 g/mol. The standard InChI is InChI=1S/C20H23N3O2/c1-12-18(21-15-6-4-3-5-7-15)19-16(10-11-17(25)22-19)23(13(2)24)20(12)14-8-9-14/h3-7,10-12,14,18,20-21H,8-9H2,1-2H3,(H,22,25). The van der Waals surface area contributed by atoms with Crippen LogP contribution in [0.5, 0.6) is 0 Å². The van der Waals surface area contributed by atoms with E-state index in [0.29, 0.717) is 5.92 Å². The summed E-state index contributed by atoms with van der Waals surface area (Å²) in [6.45, 7) is 3.79. The van der Waals surface area contributed by atoms with Crippen LogP contribution in [0.2, 0.25) is 0 Å². The third-order valence-electron chi connectivity index (χ3n) is 5.40. The molecule has 1 fully saturated rings. The second-order valence-electron chi connectivity index (χ2n) is 7.19. The van der Waals surface area contributed by atoms with Crippen molar-refractivity contribution in [2.24, 2.45) is 11.8 Å². The van der Waals surface area contributed by atoms with Crippen LogP contribution < -0.4 is 15.8 Å². The number of hydrogen-bond acceptors (Lipinski definition) is 3. The van der Waals surface area contributed by atoms with Crippen molar-refractivity contribution >= 4 is 17.3 Å². The minimum absolute atomic E-state index is 0.0347. The van der Waals surface area contributed by atoms with E-state index in [0.717, 1.165) is 29.9 Å². The van der Waals surface area contributed by atoms with Crippen LogP contribution in [0.25, 0.3) is 0 Å². The zero-order valence-corrected chi connectivity index (χ0v) is 14.5. The van der Waals surface area contributed by atoms with E-state index in [-0.39, 0.29) is 29.5 Å². The number of carbonyl (C=O) groups is 1. The highest BCUT2D eigenvalue weighted by atomic mass is 16.2. The van der Waals surface area contributed by atoms with Gasteiger partial charge < -0.3 is 15.2 Å². The lowest BCUT2D eigenvalue weighted by Gasteiger charge is -2.45. The van der Waals surface area contributed by atoms with E-state index in [1.165, 1.54) is 6.07 Å². The normalized spacial score (nSPS) is 25.4. The van der Waals surface area contributed by atoms with Gasteiger partial charge in [0, 0.05) is 30.6 Å². The van der Waals surface area contributed by atoms with Crippen LogP contribution in [-0.2, 0) is 4.79 Å². The molecule has 2 aliphatic rings. The first-order valence-corrected chi connectivity index (χ1v) is 8.91. The molecular formula is C20H23N3O2. The van der Waals surface area contributed by atoms with Crippen molar-refractivity contribution in [1.29, 1.82) is 0 Å². The van der Waals surface area contributed by atoms with E-state index in [4.69, 9.17) is 0 Å². The number of hydrogen-bond donors (Lipinski definition) is 2. The number of rotatable bonds is 3. The van der Waals surface area contributed by atoms with Gasteiger partial charge in [-0.05, 0) is 37.0 Å². The number of pyridine rings is 1. The number of amides is 1. The van der Waals surface area contributed by atoms with E-state index in [1.807, 2.05) is 35.2 Å². The number of para-hydroxylation sites is 1. The van der Waals surface area contributed by atoms with Crippen molar-refractivity contribution in [2.75, 3.05) is 10.2 Å². The molecule has 0 radical (unpaired) electrons. The summed E-state index contributed by atoms with van der Waals surface area (Å²) in [7, 11) is 0. The Morgan fingerprint density at radius 3 is 2.52 bits per heavy atom. The summed E-state index contributed by atoms with van der Waals surface area (Å²) < 4.78 is 0. The van der Waals surface area contributed by atoms with Gasteiger partial charge in [-0.15, -0.1) is 0 Å². The Bertz CT molecular complexity index is 842. The largest absolute Gasteiger partial charge is 0.376 e. The van der Waals surface area contributed by atoms with Gasteiger partial charge in [0.25, 0.3) is 0 Å². The van der Waals surface area contributed by atoms with Gasteiger partial charge in [-0.2, -0.15) is 0 Å². The highest BCUT2D eigenvalue weighted by Gasteiger charge is 2.47. The van der Waals surface area contributed by atoms with Gasteiger partial charge in [0.05, 0.1) is 17.4 Å². The van der Waals surface area contributed by atoms with Gasteiger partial charge in [-0.3, -0.25) is 9.59 Å². The third-order valence-corrected chi connectivity index (χ3v) is 5.40. The van der Waals surface area contributed by atoms with E-state index < -0.39 is 0 Å². The molecule has 0 bridgehead atoms. The molecule has 5 heteroatoms. The monoisotopic (exact) mass is 337 g/mol. The first-order chi connectivity index (χ1) is 12.1. The van der Waals surface area contributed by atoms with Gasteiger partial charge in [-0.25, -0.2) is 0 Å². The number of nitrogens with zero attached hydrogens (tertiary/aromatic N) is 1. The molecule has 25 heavy (non-hydrogen) atoms. The fraction of sp³-hybridized carbons (Fsp3) is 0.400. The van der Waals surface area contributed by atoms with Crippen LogP contribution >= 0.6 is 0 Å². The minimum atomic E-state index is -0.140. The molecule has 2 N–H and O–H groups in total. The number of nitrogens with one attached hydrogen (secondary N) is 2. The fourth-order valence-corrected chi connectivity index (χ4v) is 4.16. The first-order valence-electron chi connectivity index (χ1n) is 8.91. The Hall–Kier alpha value is -2.56. The molecular weight excluding hydrogens is 314 g/mol. The summed E-state index contributed by atoms with van der Waals surface area (Å²) in [5, 5.41) is 3.58. The Morgan fingerprint density at radius 1 is 1.16 bits per heavy atom. The highest BCUT2D eigenvalue weighted by molar-refractivity contribution is 5.93. The SMILES string of the molecule is CC(=O)N1c2ccc(=O)[nH]c2C(Nc2ccccc2)C(C)C1C1CC1. The molecule has 1 aliphatic carbocycles. The van der Waals surface area contributed by atoms with Gasteiger partial charge in [0.15, 0.2) is 0 Å². The minimum Gasteiger partial charge on any atom is -0.376 e. The molecule has 4 rings (SSSR count). The van der Waals surface area contributed by atoms with Gasteiger partial charge >= 0.3 is 0 Å². The van der Waals surface area contributed by atoms with E-state index in [2.05, 4.69) is 17.2 Å². The molecule has 1 aromatic heterocycles. The molecule has 5 nitrogen and oxygen atoms in total. The van der Waals surface area contributed by atoms with Crippen molar-refractivity contribution in [3.63, 3.8) is 0 Å². The van der Waals surface area contributed by atoms with Crippen LogP contribution in [0.1, 0.15) is 38.4 Å². The van der Waals surface area contributed by atoms with Gasteiger partial charge in [0.2, 0.25) is 11.5 Å². The van der Waals surface area contributed by atoms with Crippen LogP contribution in [0.4, 0.5) is 11.4 Å². The maximum atomic E-state index is 12.4. The molecule has 1 aliphatic heterocycles. The molecule has 0 spiro atoms. The number of H-pyrrole nitrogens is 1. The molecule has 2 aromatic rings. The number of anilines is 2. The number of benzene rings is 1. The summed E-state index contributed by atoms with van der Waals surface area (Å²) in [6.07, 6.45) is 2.32. The fourth-order valence-electron chi connectivity index (χ4n) is 4.16. The summed E-state index contributed by atoms with van der Waals surface area (Å²) in [6, 6.07) is 13.4. The maximum Gasteiger partial charge on any atom is 0.248 e. The molecule has 2 heterocycles. The quantitative estimate of drug-likeness (QED) is 0.903. The predicted octanol–water partition coefficient (Wildman–Crippen LogP) is 3.31. The number of aromatic amines is 1. The van der Waals surface area contributed by atoms with Crippen LogP contribution in [0.3, 0.4) is 0 Å². The lowest BCUT2D eigenvalue weighted by Crippen LogP contribution is -2.51.